The van der Waals surface area contributed by atoms with Crippen molar-refractivity contribution in [2.24, 2.45) is 0 Å². The van der Waals surface area contributed by atoms with Crippen LogP contribution in [0.5, 0.6) is 5.75 Å². The molecule has 0 saturated carbocycles. The molecule has 3 aromatic rings. The summed E-state index contributed by atoms with van der Waals surface area (Å²) in [7, 11) is 0. The highest BCUT2D eigenvalue weighted by atomic mass is 19.3. The fraction of sp³-hybridized carbons (Fsp3) is 0.480. The molecule has 0 aliphatic carbocycles. The van der Waals surface area contributed by atoms with E-state index in [1.54, 1.807) is 24.1 Å². The molecular formula is C25H29F2N5O4. The van der Waals surface area contributed by atoms with E-state index < -0.39 is 12.2 Å². The number of likely N-dealkylation sites (tertiary alicyclic amines) is 1. The van der Waals surface area contributed by atoms with Gasteiger partial charge in [0.1, 0.15) is 28.5 Å². The monoisotopic (exact) mass is 501 g/mol. The Morgan fingerprint density at radius 1 is 1.22 bits per heavy atom. The second kappa shape index (κ2) is 10.2. The molecule has 0 atom stereocenters. The van der Waals surface area contributed by atoms with Crippen molar-refractivity contribution < 1.29 is 23.0 Å². The molecule has 11 heteroatoms. The molecule has 0 aromatic carbocycles. The number of amides is 1. The number of halogens is 2. The van der Waals surface area contributed by atoms with Gasteiger partial charge in [-0.2, -0.15) is 8.78 Å². The predicted molar refractivity (Wildman–Crippen MR) is 128 cm³/mol. The van der Waals surface area contributed by atoms with Crippen molar-refractivity contribution in [1.29, 1.82) is 0 Å². The van der Waals surface area contributed by atoms with Crippen molar-refractivity contribution in [1.82, 2.24) is 24.4 Å². The molecule has 9 nitrogen and oxygen atoms in total. The van der Waals surface area contributed by atoms with E-state index in [9.17, 15) is 18.4 Å². The molecule has 0 unspecified atom stereocenters. The van der Waals surface area contributed by atoms with Crippen LogP contribution in [0.2, 0.25) is 0 Å². The topological polar surface area (TPSA) is 99.4 Å². The Balaban J connectivity index is 1.67. The van der Waals surface area contributed by atoms with Crippen molar-refractivity contribution in [3.05, 3.63) is 58.0 Å². The van der Waals surface area contributed by atoms with Gasteiger partial charge >= 0.3 is 12.7 Å². The minimum absolute atomic E-state index is 0.0979. The minimum Gasteiger partial charge on any atom is -0.444 e. The number of nitrogens with zero attached hydrogens (tertiary/aromatic N) is 5. The summed E-state index contributed by atoms with van der Waals surface area (Å²) >= 11 is 0. The van der Waals surface area contributed by atoms with E-state index >= 15 is 0 Å². The van der Waals surface area contributed by atoms with Crippen molar-refractivity contribution in [3.8, 4) is 5.75 Å². The van der Waals surface area contributed by atoms with Gasteiger partial charge in [-0.1, -0.05) is 0 Å². The van der Waals surface area contributed by atoms with Crippen molar-refractivity contribution in [2.45, 2.75) is 65.2 Å². The number of fused-ring (bicyclic) bond motifs is 1. The van der Waals surface area contributed by atoms with Crippen LogP contribution in [0.25, 0.3) is 11.0 Å². The highest BCUT2D eigenvalue weighted by molar-refractivity contribution is 5.75. The van der Waals surface area contributed by atoms with E-state index in [2.05, 4.69) is 19.7 Å². The van der Waals surface area contributed by atoms with Crippen LogP contribution in [0.1, 0.15) is 56.6 Å². The first-order valence-electron chi connectivity index (χ1n) is 11.8. The Labute approximate surface area is 207 Å². The molecule has 1 amide bonds. The molecule has 1 aliphatic rings. The number of aryl methyl sites for hydroxylation is 1. The van der Waals surface area contributed by atoms with Gasteiger partial charge in [0.2, 0.25) is 0 Å². The number of carbonyl (C=O) groups excluding carboxylic acids is 1. The lowest BCUT2D eigenvalue weighted by Crippen LogP contribution is -2.42. The summed E-state index contributed by atoms with van der Waals surface area (Å²) in [5, 5.41) is 0.650. The number of alkyl halides is 2. The number of ether oxygens (including phenoxy) is 2. The summed E-state index contributed by atoms with van der Waals surface area (Å²) < 4.78 is 37.4. The number of aromatic nitrogens is 4. The molecule has 1 saturated heterocycles. The zero-order chi connectivity index (χ0) is 26.0. The quantitative estimate of drug-likeness (QED) is 0.515. The number of piperidine rings is 1. The maximum atomic E-state index is 13.7. The first-order valence-corrected chi connectivity index (χ1v) is 11.8. The zero-order valence-electron chi connectivity index (χ0n) is 20.7. The number of hydrogen-bond donors (Lipinski definition) is 0. The number of hydrogen-bond acceptors (Lipinski definition) is 7. The lowest BCUT2D eigenvalue weighted by Gasteiger charge is -2.33. The Bertz CT molecular complexity index is 1310. The number of carbonyl (C=O) groups is 1. The van der Waals surface area contributed by atoms with Crippen LogP contribution in [0.3, 0.4) is 0 Å². The first kappa shape index (κ1) is 25.5. The number of rotatable bonds is 5. The van der Waals surface area contributed by atoms with E-state index in [4.69, 9.17) is 4.74 Å². The van der Waals surface area contributed by atoms with Gasteiger partial charge < -0.3 is 14.4 Å². The van der Waals surface area contributed by atoms with Crippen LogP contribution in [0.4, 0.5) is 13.6 Å². The molecule has 0 spiro atoms. The summed E-state index contributed by atoms with van der Waals surface area (Å²) in [6, 6.07) is 4.66. The second-order valence-electron chi connectivity index (χ2n) is 9.76. The molecule has 0 bridgehead atoms. The zero-order valence-corrected chi connectivity index (χ0v) is 20.7. The van der Waals surface area contributed by atoms with Crippen molar-refractivity contribution in [3.63, 3.8) is 0 Å². The number of pyridine rings is 2. The third kappa shape index (κ3) is 5.77. The van der Waals surface area contributed by atoms with E-state index in [0.29, 0.717) is 48.4 Å². The smallest absolute Gasteiger partial charge is 0.410 e. The average molecular weight is 502 g/mol. The summed E-state index contributed by atoms with van der Waals surface area (Å²) in [6.07, 6.45) is 3.88. The molecule has 4 heterocycles. The molecule has 1 fully saturated rings. The summed E-state index contributed by atoms with van der Waals surface area (Å²) in [5.74, 6) is 0.266. The fourth-order valence-corrected chi connectivity index (χ4v) is 4.30. The Morgan fingerprint density at radius 2 is 1.94 bits per heavy atom. The van der Waals surface area contributed by atoms with E-state index in [1.165, 1.54) is 22.9 Å². The van der Waals surface area contributed by atoms with Gasteiger partial charge in [-0.15, -0.1) is 0 Å². The first-order chi connectivity index (χ1) is 17.0. The highest BCUT2D eigenvalue weighted by Gasteiger charge is 2.29. The SMILES string of the molecule is Cc1ncc2cc(C3CCN(C(=O)OC(C)(C)C)CC3)c(=O)n(Cc3ncccc3OC(F)F)c2n1. The van der Waals surface area contributed by atoms with Crippen molar-refractivity contribution >= 4 is 17.1 Å². The lowest BCUT2D eigenvalue weighted by atomic mass is 9.90. The molecular weight excluding hydrogens is 472 g/mol. The van der Waals surface area contributed by atoms with E-state index in [0.717, 1.165) is 0 Å². The summed E-state index contributed by atoms with van der Waals surface area (Å²) in [5.41, 5.74) is 0.262. The van der Waals surface area contributed by atoms with Crippen LogP contribution in [-0.4, -0.2) is 55.8 Å². The molecule has 1 aliphatic heterocycles. The standard InChI is InChI=1S/C25H29F2N5O4/c1-15-29-13-17-12-18(16-7-10-31(11-8-16)24(34)36-25(2,3)4)22(33)32(21(17)30-15)14-19-20(35-23(26)27)6-5-9-28-19/h5-6,9,12-13,16,23H,7-8,10-11,14H2,1-4H3. The molecule has 36 heavy (non-hydrogen) atoms. The van der Waals surface area contributed by atoms with E-state index in [1.807, 2.05) is 20.8 Å². The maximum Gasteiger partial charge on any atom is 0.410 e. The molecule has 4 rings (SSSR count). The Kier molecular flexibility index (Phi) is 7.18. The molecule has 3 aromatic heterocycles. The van der Waals surface area contributed by atoms with Gasteiger partial charge in [-0.3, -0.25) is 14.3 Å². The Hall–Kier alpha value is -3.63. The summed E-state index contributed by atoms with van der Waals surface area (Å²) in [6.45, 7) is 4.95. The van der Waals surface area contributed by atoms with Crippen molar-refractivity contribution in [2.75, 3.05) is 13.1 Å². The predicted octanol–water partition coefficient (Wildman–Crippen LogP) is 4.26. The lowest BCUT2D eigenvalue weighted by molar-refractivity contribution is -0.0507. The van der Waals surface area contributed by atoms with Gasteiger partial charge in [-0.05, 0) is 64.7 Å². The van der Waals surface area contributed by atoms with Gasteiger partial charge in [0.15, 0.2) is 0 Å². The van der Waals surface area contributed by atoms with Gasteiger partial charge in [-0.25, -0.2) is 14.8 Å². The molecule has 0 radical (unpaired) electrons. The van der Waals surface area contributed by atoms with Crippen LogP contribution in [0.15, 0.2) is 35.4 Å². The maximum absolute atomic E-state index is 13.7. The van der Waals surface area contributed by atoms with Crippen LogP contribution < -0.4 is 10.3 Å². The molecule has 0 N–H and O–H groups in total. The van der Waals surface area contributed by atoms with Gasteiger partial charge in [0.05, 0.1) is 6.54 Å². The molecule has 192 valence electrons. The third-order valence-corrected chi connectivity index (χ3v) is 5.93. The average Bonchev–Trinajstić information content (AvgIpc) is 2.80. The third-order valence-electron chi connectivity index (χ3n) is 5.93. The largest absolute Gasteiger partial charge is 0.444 e. The van der Waals surface area contributed by atoms with Gasteiger partial charge in [0.25, 0.3) is 5.56 Å². The van der Waals surface area contributed by atoms with E-state index in [-0.39, 0.29) is 35.6 Å². The highest BCUT2D eigenvalue weighted by Crippen LogP contribution is 2.29. The normalized spacial score (nSPS) is 14.9. The minimum atomic E-state index is -3.02. The van der Waals surface area contributed by atoms with Crippen LogP contribution in [0, 0.1) is 6.92 Å². The second-order valence-corrected chi connectivity index (χ2v) is 9.76. The van der Waals surface area contributed by atoms with Crippen LogP contribution in [-0.2, 0) is 11.3 Å². The summed E-state index contributed by atoms with van der Waals surface area (Å²) in [4.78, 5) is 40.7. The van der Waals surface area contributed by atoms with Gasteiger partial charge in [0, 0.05) is 36.4 Å². The van der Waals surface area contributed by atoms with Crippen LogP contribution >= 0.6 is 0 Å². The fourth-order valence-electron chi connectivity index (χ4n) is 4.30. The Morgan fingerprint density at radius 3 is 2.61 bits per heavy atom.